The lowest BCUT2D eigenvalue weighted by atomic mass is 10.1. The van der Waals surface area contributed by atoms with Crippen LogP contribution in [0, 0.1) is 5.92 Å². The molecule has 0 aromatic rings. The molecule has 1 atom stereocenters. The number of hydrogen-bond donors (Lipinski definition) is 1. The van der Waals surface area contributed by atoms with Crippen molar-refractivity contribution in [2.45, 2.75) is 26.4 Å². The Morgan fingerprint density at radius 1 is 1.62 bits per heavy atom. The third kappa shape index (κ3) is 5.11. The molecule has 0 aromatic carbocycles. The number of methoxy groups -OCH3 is 1. The normalized spacial score (nSPS) is 13.9. The minimum absolute atomic E-state index is 0.0277. The fraction of sp³-hybridized carbons (Fsp3) is 0.889. The second kappa shape index (κ2) is 5.45. The molecule has 1 amide bonds. The average molecular weight is 208 g/mol. The lowest BCUT2D eigenvalue weighted by Gasteiger charge is -2.23. The molecule has 0 saturated carbocycles. The average Bonchev–Trinajstić information content (AvgIpc) is 2.13. The van der Waals surface area contributed by atoms with E-state index < -0.39 is 0 Å². The van der Waals surface area contributed by atoms with Gasteiger partial charge in [-0.25, -0.2) is 0 Å². The fourth-order valence-corrected chi connectivity index (χ4v) is 0.757. The predicted octanol–water partition coefficient (Wildman–Crippen LogP) is 1.40. The summed E-state index contributed by atoms with van der Waals surface area (Å²) in [6.07, 6.45) is 0. The number of nitrogens with one attached hydrogen (secondary N) is 1. The van der Waals surface area contributed by atoms with Crippen LogP contribution in [0.4, 0.5) is 0 Å². The van der Waals surface area contributed by atoms with Gasteiger partial charge in [-0.2, -0.15) is 0 Å². The van der Waals surface area contributed by atoms with Gasteiger partial charge in [0, 0.05) is 25.5 Å². The molecular formula is C9H18ClNO2. The van der Waals surface area contributed by atoms with Gasteiger partial charge >= 0.3 is 0 Å². The van der Waals surface area contributed by atoms with E-state index in [-0.39, 0.29) is 17.4 Å². The highest BCUT2D eigenvalue weighted by Crippen LogP contribution is 2.05. The van der Waals surface area contributed by atoms with Gasteiger partial charge in [0.25, 0.3) is 0 Å². The highest BCUT2D eigenvalue weighted by Gasteiger charge is 2.19. The fourth-order valence-electron chi connectivity index (χ4n) is 0.616. The van der Waals surface area contributed by atoms with E-state index in [0.717, 1.165) is 0 Å². The van der Waals surface area contributed by atoms with E-state index in [4.69, 9.17) is 16.3 Å². The molecule has 0 fully saturated rings. The van der Waals surface area contributed by atoms with Crippen LogP contribution < -0.4 is 5.32 Å². The molecule has 0 aliphatic carbocycles. The molecule has 0 radical (unpaired) electrons. The van der Waals surface area contributed by atoms with Gasteiger partial charge in [-0.1, -0.05) is 6.92 Å². The molecule has 13 heavy (non-hydrogen) atoms. The zero-order valence-electron chi connectivity index (χ0n) is 8.69. The number of carbonyl (C=O) groups excluding carboxylic acids is 1. The van der Waals surface area contributed by atoms with Crippen molar-refractivity contribution in [2.24, 2.45) is 5.92 Å². The number of hydrogen-bond acceptors (Lipinski definition) is 2. The van der Waals surface area contributed by atoms with Crippen LogP contribution in [0.1, 0.15) is 20.8 Å². The molecule has 78 valence electrons. The first-order chi connectivity index (χ1) is 5.93. The number of carbonyl (C=O) groups is 1. The molecule has 1 N–H and O–H groups in total. The van der Waals surface area contributed by atoms with Crippen molar-refractivity contribution in [3.05, 3.63) is 0 Å². The maximum Gasteiger partial charge on any atom is 0.224 e. The number of ether oxygens (including phenoxy) is 1. The first-order valence-electron chi connectivity index (χ1n) is 4.32. The van der Waals surface area contributed by atoms with Crippen LogP contribution in [0.25, 0.3) is 0 Å². The third-order valence-electron chi connectivity index (χ3n) is 1.92. The standard InChI is InChI=1S/C9H18ClNO2/c1-7(5-10)8(12)11-6-9(2,3)13-4/h7H,5-6H2,1-4H3,(H,11,12). The summed E-state index contributed by atoms with van der Waals surface area (Å²) in [4.78, 5) is 11.3. The Hall–Kier alpha value is -0.280. The first-order valence-corrected chi connectivity index (χ1v) is 4.85. The van der Waals surface area contributed by atoms with Crippen molar-refractivity contribution >= 4 is 17.5 Å². The molecule has 0 heterocycles. The number of halogens is 1. The molecule has 0 spiro atoms. The van der Waals surface area contributed by atoms with E-state index in [1.807, 2.05) is 13.8 Å². The molecule has 3 nitrogen and oxygen atoms in total. The molecule has 0 aliphatic rings. The maximum absolute atomic E-state index is 11.3. The van der Waals surface area contributed by atoms with Gasteiger partial charge in [0.2, 0.25) is 5.91 Å². The lowest BCUT2D eigenvalue weighted by molar-refractivity contribution is -0.125. The van der Waals surface area contributed by atoms with Crippen molar-refractivity contribution in [3.8, 4) is 0 Å². The Kier molecular flexibility index (Phi) is 5.33. The number of amides is 1. The second-order valence-corrected chi connectivity index (χ2v) is 4.05. The zero-order chi connectivity index (χ0) is 10.5. The van der Waals surface area contributed by atoms with Gasteiger partial charge in [0.1, 0.15) is 0 Å². The van der Waals surface area contributed by atoms with Crippen molar-refractivity contribution in [1.29, 1.82) is 0 Å². The zero-order valence-corrected chi connectivity index (χ0v) is 9.44. The molecule has 0 rings (SSSR count). The quantitative estimate of drug-likeness (QED) is 0.693. The minimum Gasteiger partial charge on any atom is -0.377 e. The number of rotatable bonds is 5. The summed E-state index contributed by atoms with van der Waals surface area (Å²) in [6, 6.07) is 0. The summed E-state index contributed by atoms with van der Waals surface area (Å²) in [5.74, 6) is 0.175. The van der Waals surface area contributed by atoms with Crippen LogP contribution in [-0.4, -0.2) is 31.0 Å². The number of alkyl halides is 1. The summed E-state index contributed by atoms with van der Waals surface area (Å²) in [5, 5.41) is 2.78. The van der Waals surface area contributed by atoms with Gasteiger partial charge in [-0.15, -0.1) is 11.6 Å². The van der Waals surface area contributed by atoms with Crippen LogP contribution in [0.5, 0.6) is 0 Å². The maximum atomic E-state index is 11.3. The highest BCUT2D eigenvalue weighted by atomic mass is 35.5. The van der Waals surface area contributed by atoms with Crippen LogP contribution in [0.2, 0.25) is 0 Å². The van der Waals surface area contributed by atoms with Crippen molar-refractivity contribution in [1.82, 2.24) is 5.32 Å². The van der Waals surface area contributed by atoms with Crippen molar-refractivity contribution < 1.29 is 9.53 Å². The summed E-state index contributed by atoms with van der Waals surface area (Å²) >= 11 is 5.54. The monoisotopic (exact) mass is 207 g/mol. The van der Waals surface area contributed by atoms with E-state index in [1.54, 1.807) is 14.0 Å². The molecule has 0 bridgehead atoms. The van der Waals surface area contributed by atoms with Crippen LogP contribution in [0.15, 0.2) is 0 Å². The van der Waals surface area contributed by atoms with Crippen LogP contribution in [-0.2, 0) is 9.53 Å². The topological polar surface area (TPSA) is 38.3 Å². The molecule has 4 heteroatoms. The smallest absolute Gasteiger partial charge is 0.224 e. The molecule has 0 aliphatic heterocycles. The minimum atomic E-state index is -0.318. The molecular weight excluding hydrogens is 190 g/mol. The van der Waals surface area contributed by atoms with Gasteiger partial charge in [-0.3, -0.25) is 4.79 Å². The van der Waals surface area contributed by atoms with Crippen LogP contribution >= 0.6 is 11.6 Å². The molecule has 1 unspecified atom stereocenters. The van der Waals surface area contributed by atoms with Gasteiger partial charge in [0.15, 0.2) is 0 Å². The van der Waals surface area contributed by atoms with E-state index in [9.17, 15) is 4.79 Å². The van der Waals surface area contributed by atoms with Gasteiger partial charge < -0.3 is 10.1 Å². The Morgan fingerprint density at radius 3 is 2.54 bits per heavy atom. The first kappa shape index (κ1) is 12.7. The SMILES string of the molecule is COC(C)(C)CNC(=O)C(C)CCl. The van der Waals surface area contributed by atoms with Gasteiger partial charge in [-0.05, 0) is 13.8 Å². The van der Waals surface area contributed by atoms with E-state index >= 15 is 0 Å². The van der Waals surface area contributed by atoms with E-state index in [0.29, 0.717) is 12.4 Å². The Bertz CT molecular complexity index is 171. The summed E-state index contributed by atoms with van der Waals surface area (Å²) in [5.41, 5.74) is -0.318. The molecule has 0 aromatic heterocycles. The van der Waals surface area contributed by atoms with Crippen LogP contribution in [0.3, 0.4) is 0 Å². The Labute approximate surface area is 84.8 Å². The Morgan fingerprint density at radius 2 is 2.15 bits per heavy atom. The Balaban J connectivity index is 3.83. The van der Waals surface area contributed by atoms with Crippen molar-refractivity contribution in [2.75, 3.05) is 19.5 Å². The largest absolute Gasteiger partial charge is 0.377 e. The van der Waals surface area contributed by atoms with Gasteiger partial charge in [0.05, 0.1) is 5.60 Å². The van der Waals surface area contributed by atoms with E-state index in [2.05, 4.69) is 5.32 Å². The summed E-state index contributed by atoms with van der Waals surface area (Å²) in [6.45, 7) is 6.13. The summed E-state index contributed by atoms with van der Waals surface area (Å²) in [7, 11) is 1.62. The molecule has 0 saturated heterocycles. The van der Waals surface area contributed by atoms with E-state index in [1.165, 1.54) is 0 Å². The summed E-state index contributed by atoms with van der Waals surface area (Å²) < 4.78 is 5.15. The second-order valence-electron chi connectivity index (χ2n) is 3.74. The predicted molar refractivity (Wildman–Crippen MR) is 54.0 cm³/mol. The lowest BCUT2D eigenvalue weighted by Crippen LogP contribution is -2.41. The third-order valence-corrected chi connectivity index (χ3v) is 2.38. The van der Waals surface area contributed by atoms with Crippen molar-refractivity contribution in [3.63, 3.8) is 0 Å². The highest BCUT2D eigenvalue weighted by molar-refractivity contribution is 6.19.